The van der Waals surface area contributed by atoms with E-state index in [4.69, 9.17) is 4.74 Å². The van der Waals surface area contributed by atoms with Crippen LogP contribution in [0.1, 0.15) is 39.2 Å². The summed E-state index contributed by atoms with van der Waals surface area (Å²) < 4.78 is 5.72. The summed E-state index contributed by atoms with van der Waals surface area (Å²) in [6.07, 6.45) is 0. The molecule has 1 atom stereocenters. The Labute approximate surface area is 138 Å². The van der Waals surface area contributed by atoms with Crippen molar-refractivity contribution in [2.75, 3.05) is 25.2 Å². The van der Waals surface area contributed by atoms with E-state index in [9.17, 15) is 5.11 Å². The van der Waals surface area contributed by atoms with Gasteiger partial charge in [0.05, 0.1) is 18.2 Å². The second kappa shape index (κ2) is 8.62. The van der Waals surface area contributed by atoms with E-state index in [-0.39, 0.29) is 12.6 Å². The van der Waals surface area contributed by atoms with Crippen LogP contribution in [-0.2, 0) is 0 Å². The molecule has 1 aliphatic heterocycles. The fraction of sp³-hybridized carbons (Fsp3) is 0.588. The molecule has 0 saturated heterocycles. The number of aryl methyl sites for hydroxylation is 2. The Bertz CT molecular complexity index is 641. The average Bonchev–Trinajstić information content (AvgIpc) is 2.69. The maximum atomic E-state index is 9.46. The minimum atomic E-state index is -0.132. The quantitative estimate of drug-likeness (QED) is 0.871. The second-order valence-corrected chi connectivity index (χ2v) is 4.82. The summed E-state index contributed by atoms with van der Waals surface area (Å²) >= 11 is 0. The van der Waals surface area contributed by atoms with Gasteiger partial charge in [0.15, 0.2) is 0 Å². The number of nitrogens with zero attached hydrogens (tertiary/aromatic N) is 4. The molecule has 0 spiro atoms. The van der Waals surface area contributed by atoms with Crippen LogP contribution in [0.4, 0.5) is 5.82 Å². The van der Waals surface area contributed by atoms with Gasteiger partial charge in [0.2, 0.25) is 5.88 Å². The smallest absolute Gasteiger partial charge is 0.227 e. The molecule has 0 aliphatic carbocycles. The first-order chi connectivity index (χ1) is 11.1. The number of aromatic nitrogens is 3. The molecule has 0 aromatic carbocycles. The van der Waals surface area contributed by atoms with Gasteiger partial charge >= 0.3 is 0 Å². The van der Waals surface area contributed by atoms with E-state index in [2.05, 4.69) is 15.0 Å². The van der Waals surface area contributed by atoms with E-state index < -0.39 is 0 Å². The lowest BCUT2D eigenvalue weighted by molar-refractivity contribution is 0.203. The Morgan fingerprint density at radius 2 is 1.83 bits per heavy atom. The van der Waals surface area contributed by atoms with Crippen LogP contribution in [0.2, 0.25) is 0 Å². The second-order valence-electron chi connectivity index (χ2n) is 4.82. The number of hydrogen-bond acceptors (Lipinski definition) is 6. The molecule has 0 amide bonds. The van der Waals surface area contributed by atoms with E-state index in [1.54, 1.807) is 0 Å². The Morgan fingerprint density at radius 1 is 1.17 bits per heavy atom. The molecular formula is C17H28N4O2. The molecule has 6 heteroatoms. The van der Waals surface area contributed by atoms with Crippen LogP contribution in [0.25, 0.3) is 10.9 Å². The van der Waals surface area contributed by atoms with Crippen molar-refractivity contribution in [1.82, 2.24) is 15.0 Å². The van der Waals surface area contributed by atoms with E-state index >= 15 is 0 Å². The number of anilines is 1. The highest BCUT2D eigenvalue weighted by molar-refractivity contribution is 5.94. The van der Waals surface area contributed by atoms with Crippen molar-refractivity contribution in [3.8, 4) is 5.88 Å². The van der Waals surface area contributed by atoms with Crippen molar-refractivity contribution in [3.63, 3.8) is 0 Å². The number of pyridine rings is 1. The first-order valence-electron chi connectivity index (χ1n) is 8.22. The summed E-state index contributed by atoms with van der Waals surface area (Å²) in [6, 6.07) is 1.79. The van der Waals surface area contributed by atoms with Crippen molar-refractivity contribution in [3.05, 3.63) is 17.6 Å². The molecule has 3 rings (SSSR count). The van der Waals surface area contributed by atoms with Gasteiger partial charge in [-0.2, -0.15) is 0 Å². The van der Waals surface area contributed by atoms with Crippen LogP contribution in [0.15, 0.2) is 6.07 Å². The molecule has 1 N–H and O–H groups in total. The molecule has 128 valence electrons. The number of hydrogen-bond donors (Lipinski definition) is 1. The predicted octanol–water partition coefficient (Wildman–Crippen LogP) is 2.88. The summed E-state index contributed by atoms with van der Waals surface area (Å²) in [5.74, 6) is 2.01. The highest BCUT2D eigenvalue weighted by Crippen LogP contribution is 2.34. The Hall–Kier alpha value is -1.95. The zero-order valence-corrected chi connectivity index (χ0v) is 15.2. The van der Waals surface area contributed by atoms with Gasteiger partial charge in [-0.05, 0) is 19.9 Å². The van der Waals surface area contributed by atoms with Crippen molar-refractivity contribution in [2.45, 2.75) is 47.6 Å². The minimum Gasteiger partial charge on any atom is -0.475 e. The summed E-state index contributed by atoms with van der Waals surface area (Å²) in [5.41, 5.74) is 1.69. The normalized spacial score (nSPS) is 15.7. The Kier molecular flexibility index (Phi) is 7.16. The third-order valence-corrected chi connectivity index (χ3v) is 3.37. The third kappa shape index (κ3) is 3.88. The van der Waals surface area contributed by atoms with E-state index in [1.807, 2.05) is 59.6 Å². The average molecular weight is 320 g/mol. The van der Waals surface area contributed by atoms with Crippen LogP contribution < -0.4 is 9.64 Å². The van der Waals surface area contributed by atoms with Crippen LogP contribution in [-0.4, -0.2) is 46.4 Å². The van der Waals surface area contributed by atoms with Gasteiger partial charge in [0.25, 0.3) is 0 Å². The molecule has 0 radical (unpaired) electrons. The molecule has 0 fully saturated rings. The van der Waals surface area contributed by atoms with Gasteiger partial charge in [-0.3, -0.25) is 0 Å². The summed E-state index contributed by atoms with van der Waals surface area (Å²) in [7, 11) is 1.90. The maximum absolute atomic E-state index is 9.46. The maximum Gasteiger partial charge on any atom is 0.227 e. The van der Waals surface area contributed by atoms with Crippen LogP contribution in [0.3, 0.4) is 0 Å². The van der Waals surface area contributed by atoms with Gasteiger partial charge < -0.3 is 14.7 Å². The molecule has 0 saturated carbocycles. The van der Waals surface area contributed by atoms with Gasteiger partial charge in [-0.1, -0.05) is 27.7 Å². The van der Waals surface area contributed by atoms with Crippen molar-refractivity contribution in [1.29, 1.82) is 0 Å². The summed E-state index contributed by atoms with van der Waals surface area (Å²) in [5, 5.41) is 10.3. The lowest BCUT2D eigenvalue weighted by atomic mass is 10.2. The van der Waals surface area contributed by atoms with Gasteiger partial charge in [0, 0.05) is 12.7 Å². The van der Waals surface area contributed by atoms with Gasteiger partial charge in [-0.25, -0.2) is 15.0 Å². The number of ether oxygens (including phenoxy) is 1. The molecule has 1 unspecified atom stereocenters. The first kappa shape index (κ1) is 19.1. The van der Waals surface area contributed by atoms with Crippen molar-refractivity contribution in [2.24, 2.45) is 0 Å². The molecule has 0 bridgehead atoms. The molecule has 2 aromatic heterocycles. The van der Waals surface area contributed by atoms with Crippen LogP contribution in [0.5, 0.6) is 5.88 Å². The van der Waals surface area contributed by atoms with Gasteiger partial charge in [0.1, 0.15) is 23.6 Å². The zero-order chi connectivity index (χ0) is 17.6. The minimum absolute atomic E-state index is 0.00795. The molecule has 3 heterocycles. The zero-order valence-electron chi connectivity index (χ0n) is 15.2. The molecule has 1 aliphatic rings. The molecule has 23 heavy (non-hydrogen) atoms. The summed E-state index contributed by atoms with van der Waals surface area (Å²) in [6.45, 7) is 12.2. The molecular weight excluding hydrogens is 292 g/mol. The standard InChI is InChI=1S/C13H16N4O2.2C2H6/c1-7-4-10-11-12(16-8(2)15-10)17(3)9(5-18)6-19-13(11)14-7;2*1-2/h4,9,18H,5-6H2,1-3H3;2*1-2H3. The topological polar surface area (TPSA) is 71.4 Å². The number of aliphatic hydroxyl groups is 1. The number of aliphatic hydroxyl groups excluding tert-OH is 1. The molecule has 6 nitrogen and oxygen atoms in total. The van der Waals surface area contributed by atoms with Crippen molar-refractivity contribution < 1.29 is 9.84 Å². The van der Waals surface area contributed by atoms with Gasteiger partial charge in [-0.15, -0.1) is 0 Å². The number of rotatable bonds is 1. The third-order valence-electron chi connectivity index (χ3n) is 3.37. The fourth-order valence-corrected chi connectivity index (χ4v) is 2.33. The van der Waals surface area contributed by atoms with Crippen LogP contribution >= 0.6 is 0 Å². The lowest BCUT2D eigenvalue weighted by Gasteiger charge is -2.25. The lowest BCUT2D eigenvalue weighted by Crippen LogP contribution is -2.39. The first-order valence-corrected chi connectivity index (χ1v) is 8.22. The largest absolute Gasteiger partial charge is 0.475 e. The predicted molar refractivity (Wildman–Crippen MR) is 94.3 cm³/mol. The Morgan fingerprint density at radius 3 is 2.43 bits per heavy atom. The highest BCUT2D eigenvalue weighted by Gasteiger charge is 2.26. The Balaban J connectivity index is 0.000000615. The van der Waals surface area contributed by atoms with Crippen molar-refractivity contribution >= 4 is 16.7 Å². The monoisotopic (exact) mass is 320 g/mol. The highest BCUT2D eigenvalue weighted by atomic mass is 16.5. The summed E-state index contributed by atoms with van der Waals surface area (Å²) in [4.78, 5) is 15.3. The fourth-order valence-electron chi connectivity index (χ4n) is 2.33. The van der Waals surface area contributed by atoms with E-state index in [0.717, 1.165) is 22.4 Å². The van der Waals surface area contributed by atoms with E-state index in [1.165, 1.54) is 0 Å². The van der Waals surface area contributed by atoms with E-state index in [0.29, 0.717) is 18.3 Å². The van der Waals surface area contributed by atoms with Crippen LogP contribution in [0, 0.1) is 13.8 Å². The SMILES string of the molecule is CC.CC.Cc1cc2nc(C)nc3c2c(n1)OCC(CO)N3C. The number of likely N-dealkylation sites (N-methyl/N-ethyl adjacent to an activating group) is 1. The molecule has 2 aromatic rings.